The molecule has 0 aromatic rings. The molecule has 2 fully saturated rings. The van der Waals surface area contributed by atoms with Gasteiger partial charge in [0.2, 0.25) is 0 Å². The molecule has 84 valence electrons. The number of hydrogen-bond donors (Lipinski definition) is 0. The maximum absolute atomic E-state index is 5.33. The fraction of sp³-hybridized carbons (Fsp3) is 1.00. The van der Waals surface area contributed by atoms with Gasteiger partial charge in [0.15, 0.2) is 0 Å². The lowest BCUT2D eigenvalue weighted by molar-refractivity contribution is -0.0422. The van der Waals surface area contributed by atoms with E-state index in [-0.39, 0.29) is 13.5 Å². The molecule has 5 heteroatoms. The van der Waals surface area contributed by atoms with E-state index >= 15 is 0 Å². The molecule has 0 N–H and O–H groups in total. The van der Waals surface area contributed by atoms with Crippen LogP contribution in [-0.4, -0.2) is 47.5 Å². The second-order valence-electron chi connectivity index (χ2n) is 4.37. The molecule has 0 aromatic heterocycles. The molecule has 0 amide bonds. The van der Waals surface area contributed by atoms with Crippen molar-refractivity contribution in [1.29, 1.82) is 0 Å². The zero-order valence-electron chi connectivity index (χ0n) is 9.12. The van der Waals surface area contributed by atoms with Crippen LogP contribution in [0.5, 0.6) is 0 Å². The molecule has 2 rings (SSSR count). The number of likely N-dealkylation sites (tertiary alicyclic amines) is 1. The summed E-state index contributed by atoms with van der Waals surface area (Å²) in [6.45, 7) is 7.84. The number of likely N-dealkylation sites (N-methyl/N-ethyl adjacent to an activating group) is 1. The van der Waals surface area contributed by atoms with Crippen molar-refractivity contribution in [2.24, 2.45) is 0 Å². The van der Waals surface area contributed by atoms with Crippen molar-refractivity contribution in [3.8, 4) is 0 Å². The van der Waals surface area contributed by atoms with Gasteiger partial charge in [-0.25, -0.2) is 4.31 Å². The number of nitrogens with zero attached hydrogens (tertiary/aromatic N) is 2. The van der Waals surface area contributed by atoms with E-state index in [4.69, 9.17) is 4.18 Å². The Balaban J connectivity index is 0.000000980. The van der Waals surface area contributed by atoms with Gasteiger partial charge in [-0.05, 0) is 20.3 Å². The highest BCUT2D eigenvalue weighted by atomic mass is 32.2. The third-order valence-electron chi connectivity index (χ3n) is 3.21. The van der Waals surface area contributed by atoms with Gasteiger partial charge in [0.25, 0.3) is 0 Å². The Morgan fingerprint density at radius 3 is 2.50 bits per heavy atom. The monoisotopic (exact) mass is 236 g/mol. The summed E-state index contributed by atoms with van der Waals surface area (Å²) < 4.78 is 7.62. The lowest BCUT2D eigenvalue weighted by Crippen LogP contribution is -2.70. The molecule has 0 saturated carbocycles. The second-order valence-corrected chi connectivity index (χ2v) is 5.30. The molecule has 0 bridgehead atoms. The molecule has 2 aliphatic heterocycles. The van der Waals surface area contributed by atoms with Gasteiger partial charge in [-0.3, -0.25) is 4.90 Å². The number of rotatable bonds is 1. The summed E-state index contributed by atoms with van der Waals surface area (Å²) in [6, 6.07) is 0.687. The predicted molar refractivity (Wildman–Crippen MR) is 65.7 cm³/mol. The molecular formula is C9H20N2OS2. The highest BCUT2D eigenvalue weighted by Crippen LogP contribution is 2.39. The van der Waals surface area contributed by atoms with Crippen LogP contribution in [0.2, 0.25) is 0 Å². The molecule has 0 aliphatic carbocycles. The molecule has 0 radical (unpaired) electrons. The van der Waals surface area contributed by atoms with Crippen molar-refractivity contribution in [3.05, 3.63) is 0 Å². The first kappa shape index (κ1) is 12.6. The average Bonchev–Trinajstić information content (AvgIpc) is 2.01. The second kappa shape index (κ2) is 4.61. The van der Waals surface area contributed by atoms with Gasteiger partial charge in [0.1, 0.15) is 0 Å². The molecule has 3 nitrogen and oxygen atoms in total. The Kier molecular flexibility index (Phi) is 4.17. The van der Waals surface area contributed by atoms with E-state index in [0.29, 0.717) is 11.6 Å². The van der Waals surface area contributed by atoms with Crippen LogP contribution in [0.25, 0.3) is 0 Å². The van der Waals surface area contributed by atoms with Crippen LogP contribution in [-0.2, 0) is 4.18 Å². The Bertz CT molecular complexity index is 195. The Morgan fingerprint density at radius 2 is 2.00 bits per heavy atom. The molecule has 2 aliphatic rings. The maximum Gasteiger partial charge on any atom is 0.0822 e. The van der Waals surface area contributed by atoms with Crippen molar-refractivity contribution in [2.45, 2.75) is 31.8 Å². The summed E-state index contributed by atoms with van der Waals surface area (Å²) in [4.78, 5) is 2.52. The van der Waals surface area contributed by atoms with Gasteiger partial charge in [-0.1, -0.05) is 0 Å². The van der Waals surface area contributed by atoms with Gasteiger partial charge < -0.3 is 4.18 Å². The molecule has 0 unspecified atom stereocenters. The largest absolute Gasteiger partial charge is 0.301 e. The third-order valence-corrected chi connectivity index (χ3v) is 4.09. The fourth-order valence-corrected chi connectivity index (χ4v) is 2.70. The summed E-state index contributed by atoms with van der Waals surface area (Å²) in [6.07, 6.45) is 1.18. The predicted octanol–water partition coefficient (Wildman–Crippen LogP) is 1.48. The zero-order valence-corrected chi connectivity index (χ0v) is 10.9. The molecule has 1 spiro atoms. The first-order valence-corrected chi connectivity index (χ1v) is 5.61. The van der Waals surface area contributed by atoms with E-state index in [0.717, 1.165) is 6.61 Å². The van der Waals surface area contributed by atoms with Crippen molar-refractivity contribution in [2.75, 3.05) is 26.7 Å². The van der Waals surface area contributed by atoms with Gasteiger partial charge in [0, 0.05) is 26.2 Å². The summed E-state index contributed by atoms with van der Waals surface area (Å²) in [5.74, 6) is 0. The van der Waals surface area contributed by atoms with Gasteiger partial charge >= 0.3 is 0 Å². The van der Waals surface area contributed by atoms with Crippen LogP contribution in [0.4, 0.5) is 0 Å². The van der Waals surface area contributed by atoms with E-state index in [9.17, 15) is 0 Å². The quantitative estimate of drug-likeness (QED) is 0.506. The fourth-order valence-electron chi connectivity index (χ4n) is 2.02. The minimum absolute atomic E-state index is 0. The van der Waals surface area contributed by atoms with E-state index in [1.165, 1.54) is 31.7 Å². The Hall–Kier alpha value is 0.580. The molecule has 14 heavy (non-hydrogen) atoms. The van der Waals surface area contributed by atoms with Crippen LogP contribution < -0.4 is 0 Å². The van der Waals surface area contributed by atoms with Crippen LogP contribution >= 0.6 is 25.7 Å². The number of hydrogen-bond acceptors (Lipinski definition) is 4. The lowest BCUT2D eigenvalue weighted by Gasteiger charge is -2.57. The van der Waals surface area contributed by atoms with Gasteiger partial charge in [0.05, 0.1) is 24.4 Å². The summed E-state index contributed by atoms with van der Waals surface area (Å²) in [7, 11) is 2.14. The van der Waals surface area contributed by atoms with Crippen molar-refractivity contribution < 1.29 is 4.18 Å². The van der Waals surface area contributed by atoms with Crippen LogP contribution in [0.1, 0.15) is 20.3 Å². The summed E-state index contributed by atoms with van der Waals surface area (Å²) >= 11 is 1.52. The standard InChI is InChI=1S/C9H18N2OS.H2S/c1-8(2)11-6-9(7-11)4-5-12-13-10(9)3;/h8H,4-7H2,1-3H3;1H2. The SMILES string of the molecule is CC(C)N1CC2(CCOSN2C)C1.S. The van der Waals surface area contributed by atoms with Gasteiger partial charge in [-0.15, -0.1) is 0 Å². The van der Waals surface area contributed by atoms with E-state index < -0.39 is 0 Å². The first-order valence-electron chi connectivity index (χ1n) is 4.91. The maximum atomic E-state index is 5.33. The molecular weight excluding hydrogens is 216 g/mol. The summed E-state index contributed by atoms with van der Waals surface area (Å²) in [5, 5.41) is 0. The van der Waals surface area contributed by atoms with Crippen LogP contribution in [0.3, 0.4) is 0 Å². The molecule has 0 aromatic carbocycles. The van der Waals surface area contributed by atoms with Crippen molar-refractivity contribution in [3.63, 3.8) is 0 Å². The van der Waals surface area contributed by atoms with Gasteiger partial charge in [-0.2, -0.15) is 13.5 Å². The normalized spacial score (nSPS) is 27.4. The van der Waals surface area contributed by atoms with Crippen LogP contribution in [0.15, 0.2) is 0 Å². The lowest BCUT2D eigenvalue weighted by atomic mass is 9.85. The van der Waals surface area contributed by atoms with E-state index in [1.807, 2.05) is 0 Å². The average molecular weight is 236 g/mol. The zero-order chi connectivity index (χ0) is 9.47. The smallest absolute Gasteiger partial charge is 0.0822 e. The topological polar surface area (TPSA) is 15.7 Å². The molecule has 2 heterocycles. The molecule has 0 atom stereocenters. The van der Waals surface area contributed by atoms with Crippen LogP contribution in [0, 0.1) is 0 Å². The Morgan fingerprint density at radius 1 is 1.36 bits per heavy atom. The first-order chi connectivity index (χ1) is 6.14. The highest BCUT2D eigenvalue weighted by Gasteiger charge is 2.48. The summed E-state index contributed by atoms with van der Waals surface area (Å²) in [5.41, 5.74) is 0.410. The van der Waals surface area contributed by atoms with E-state index in [2.05, 4.69) is 30.1 Å². The van der Waals surface area contributed by atoms with Crippen molar-refractivity contribution >= 4 is 25.7 Å². The third kappa shape index (κ3) is 2.07. The van der Waals surface area contributed by atoms with Crippen molar-refractivity contribution in [1.82, 2.24) is 9.21 Å². The Labute approximate surface area is 97.9 Å². The van der Waals surface area contributed by atoms with E-state index in [1.54, 1.807) is 0 Å². The minimum atomic E-state index is 0. The molecule has 2 saturated heterocycles. The highest BCUT2D eigenvalue weighted by molar-refractivity contribution is 7.92. The minimum Gasteiger partial charge on any atom is -0.301 e.